The Balaban J connectivity index is 0.955. The number of nitrogens with zero attached hydrogens (tertiary/aromatic N) is 2. The molecule has 2 heterocycles. The van der Waals surface area contributed by atoms with Gasteiger partial charge < -0.3 is 4.90 Å². The smallest absolute Gasteiger partial charge is 0.133 e. The maximum Gasteiger partial charge on any atom is 0.133 e. The molecule has 2 nitrogen and oxygen atoms in total. The van der Waals surface area contributed by atoms with Crippen LogP contribution in [0.2, 0.25) is 0 Å². The Labute approximate surface area is 345 Å². The van der Waals surface area contributed by atoms with Crippen molar-refractivity contribution >= 4 is 16.9 Å². The number of hydrogen-bond donors (Lipinski definition) is 0. The van der Waals surface area contributed by atoms with Gasteiger partial charge in [-0.05, 0) is 150 Å². The second kappa shape index (κ2) is 14.4. The molecule has 0 saturated carbocycles. The molecule has 4 atom stereocenters. The van der Waals surface area contributed by atoms with E-state index >= 15 is 0 Å². The second-order valence-electron chi connectivity index (χ2n) is 18.2. The van der Waals surface area contributed by atoms with Crippen LogP contribution < -0.4 is 0 Å². The molecule has 0 radical (unpaired) electrons. The van der Waals surface area contributed by atoms with E-state index in [-0.39, 0.29) is 5.41 Å². The van der Waals surface area contributed by atoms with Gasteiger partial charge in [-0.1, -0.05) is 147 Å². The fraction of sp³-hybridized carbons (Fsp3) is 0.304. The highest BCUT2D eigenvalue weighted by Gasteiger charge is 2.41. The van der Waals surface area contributed by atoms with Crippen molar-refractivity contribution in [3.05, 3.63) is 202 Å². The Morgan fingerprint density at radius 2 is 1.60 bits per heavy atom. The highest BCUT2D eigenvalue weighted by molar-refractivity contribution is 6.02. The quantitative estimate of drug-likeness (QED) is 0.287. The lowest BCUT2D eigenvalue weighted by Gasteiger charge is -2.34. The van der Waals surface area contributed by atoms with E-state index in [4.69, 9.17) is 4.99 Å². The standard InChI is InChI=1S/C56H54N2/c1-56(2)50-25-11-9-21-46(50)49-24-14-23-45(55(49)56)43-20-13-19-41(33-43)42-31-32-48-47-22-10-12-26-52(47)58(53(48)35-42)54-36-44(34-51(57-54)40-17-7-4-8-18-40)39-29-27-38(28-30-39)37-15-5-3-6-16-37/h3-7,9-10,13-15,17,19-24,27-29,31,33,35-37,39,44,48H,8,11-12,16,18,25-26,30,32,34H2,1-2H3. The summed E-state index contributed by atoms with van der Waals surface area (Å²) in [7, 11) is 0. The maximum atomic E-state index is 5.65. The third-order valence-corrected chi connectivity index (χ3v) is 14.5. The third-order valence-electron chi connectivity index (χ3n) is 14.5. The van der Waals surface area contributed by atoms with E-state index in [1.54, 1.807) is 5.57 Å². The predicted molar refractivity (Wildman–Crippen MR) is 243 cm³/mol. The number of allylic oxidation sites excluding steroid dienone is 24. The van der Waals surface area contributed by atoms with E-state index < -0.39 is 0 Å². The van der Waals surface area contributed by atoms with Crippen molar-refractivity contribution in [1.29, 1.82) is 0 Å². The molecule has 7 aliphatic carbocycles. The first-order valence-electron chi connectivity index (χ1n) is 22.1. The molecule has 0 fully saturated rings. The Kier molecular flexibility index (Phi) is 8.87. The zero-order chi connectivity index (χ0) is 38.8. The first-order valence-corrected chi connectivity index (χ1v) is 22.1. The summed E-state index contributed by atoms with van der Waals surface area (Å²) >= 11 is 0. The van der Waals surface area contributed by atoms with Crippen LogP contribution in [0.5, 0.6) is 0 Å². The van der Waals surface area contributed by atoms with Crippen molar-refractivity contribution in [3.8, 4) is 11.1 Å². The average Bonchev–Trinajstić information content (AvgIpc) is 3.75. The minimum Gasteiger partial charge on any atom is -0.302 e. The molecule has 288 valence electrons. The first kappa shape index (κ1) is 35.7. The summed E-state index contributed by atoms with van der Waals surface area (Å²) in [6.07, 6.45) is 51.4. The summed E-state index contributed by atoms with van der Waals surface area (Å²) < 4.78 is 0. The molecule has 0 amide bonds. The van der Waals surface area contributed by atoms with Crippen molar-refractivity contribution in [2.24, 2.45) is 28.7 Å². The number of hydrogen-bond acceptors (Lipinski definition) is 2. The van der Waals surface area contributed by atoms with Gasteiger partial charge in [0.25, 0.3) is 0 Å². The van der Waals surface area contributed by atoms with E-state index in [9.17, 15) is 0 Å². The Morgan fingerprint density at radius 3 is 2.47 bits per heavy atom. The van der Waals surface area contributed by atoms with Crippen molar-refractivity contribution in [3.63, 3.8) is 0 Å². The minimum absolute atomic E-state index is 0.0230. The van der Waals surface area contributed by atoms with Crippen LogP contribution in [-0.2, 0) is 5.41 Å². The molecular formula is C56H54N2. The SMILES string of the molecule is CC1(C)C2=C(C=CCC2)c2cccc(-c3cccc(C4=CCC5C(=C4)N(C4=CC(C6C=CC(C7C=CC=CC7)=CC6)CC(C6=CC=CCC6)=N4)C4=C5C=CCC4)c3)c21. The molecule has 0 saturated heterocycles. The van der Waals surface area contributed by atoms with Gasteiger partial charge in [-0.25, -0.2) is 4.99 Å². The van der Waals surface area contributed by atoms with Gasteiger partial charge in [-0.15, -0.1) is 0 Å². The molecule has 0 N–H and O–H groups in total. The first-order chi connectivity index (χ1) is 28.5. The number of aliphatic imine (C=N–C) groups is 1. The van der Waals surface area contributed by atoms with Gasteiger partial charge in [-0.3, -0.25) is 0 Å². The molecule has 2 aromatic carbocycles. The molecule has 9 aliphatic rings. The van der Waals surface area contributed by atoms with Crippen LogP contribution in [-0.4, -0.2) is 10.6 Å². The number of benzene rings is 2. The van der Waals surface area contributed by atoms with Gasteiger partial charge in [0.2, 0.25) is 0 Å². The molecule has 0 bridgehead atoms. The van der Waals surface area contributed by atoms with Gasteiger partial charge in [0.1, 0.15) is 5.82 Å². The van der Waals surface area contributed by atoms with E-state index in [2.05, 4.69) is 165 Å². The summed E-state index contributed by atoms with van der Waals surface area (Å²) in [5.74, 6) is 2.87. The summed E-state index contributed by atoms with van der Waals surface area (Å²) in [6, 6.07) is 16.4. The Hall–Kier alpha value is -5.47. The van der Waals surface area contributed by atoms with Crippen molar-refractivity contribution in [2.75, 3.05) is 0 Å². The van der Waals surface area contributed by atoms with Crippen LogP contribution in [0.3, 0.4) is 0 Å². The van der Waals surface area contributed by atoms with Gasteiger partial charge in [-0.2, -0.15) is 0 Å². The van der Waals surface area contributed by atoms with Crippen LogP contribution in [0.4, 0.5) is 0 Å². The molecular weight excluding hydrogens is 701 g/mol. The predicted octanol–water partition coefficient (Wildman–Crippen LogP) is 14.2. The van der Waals surface area contributed by atoms with Crippen LogP contribution in [0.1, 0.15) is 94.7 Å². The molecule has 58 heavy (non-hydrogen) atoms. The summed E-state index contributed by atoms with van der Waals surface area (Å²) in [4.78, 5) is 8.27. The van der Waals surface area contributed by atoms with Gasteiger partial charge in [0.15, 0.2) is 0 Å². The lowest BCUT2D eigenvalue weighted by atomic mass is 9.76. The van der Waals surface area contributed by atoms with E-state index in [1.165, 1.54) is 72.8 Å². The van der Waals surface area contributed by atoms with Crippen LogP contribution in [0, 0.1) is 23.7 Å². The van der Waals surface area contributed by atoms with Crippen LogP contribution in [0.25, 0.3) is 22.3 Å². The minimum atomic E-state index is 0.0230. The van der Waals surface area contributed by atoms with Crippen molar-refractivity contribution < 1.29 is 0 Å². The molecule has 11 rings (SSSR count). The average molecular weight is 755 g/mol. The molecule has 2 aliphatic heterocycles. The normalized spacial score (nSPS) is 27.7. The van der Waals surface area contributed by atoms with E-state index in [0.717, 1.165) is 70.0 Å². The molecule has 0 aromatic heterocycles. The second-order valence-corrected chi connectivity index (χ2v) is 18.2. The third kappa shape index (κ3) is 6.02. The van der Waals surface area contributed by atoms with E-state index in [1.807, 2.05) is 0 Å². The van der Waals surface area contributed by atoms with Gasteiger partial charge in [0.05, 0.1) is 0 Å². The Bertz CT molecular complexity index is 2550. The lowest BCUT2D eigenvalue weighted by Crippen LogP contribution is -2.28. The number of rotatable bonds is 6. The molecule has 0 spiro atoms. The summed E-state index contributed by atoms with van der Waals surface area (Å²) in [5, 5.41) is 0. The van der Waals surface area contributed by atoms with Gasteiger partial charge in [0, 0.05) is 34.4 Å². The lowest BCUT2D eigenvalue weighted by molar-refractivity contribution is 0.438. The van der Waals surface area contributed by atoms with Gasteiger partial charge >= 0.3 is 0 Å². The summed E-state index contributed by atoms with van der Waals surface area (Å²) in [6.45, 7) is 4.89. The van der Waals surface area contributed by atoms with Crippen molar-refractivity contribution in [2.45, 2.75) is 83.5 Å². The fourth-order valence-corrected chi connectivity index (χ4v) is 11.5. The van der Waals surface area contributed by atoms with E-state index in [0.29, 0.717) is 23.7 Å². The molecule has 2 aromatic rings. The zero-order valence-corrected chi connectivity index (χ0v) is 34.1. The fourth-order valence-electron chi connectivity index (χ4n) is 11.5. The zero-order valence-electron chi connectivity index (χ0n) is 34.1. The summed E-state index contributed by atoms with van der Waals surface area (Å²) in [5.41, 5.74) is 19.8. The van der Waals surface area contributed by atoms with Crippen molar-refractivity contribution in [1.82, 2.24) is 4.90 Å². The monoisotopic (exact) mass is 754 g/mol. The highest BCUT2D eigenvalue weighted by atomic mass is 15.3. The van der Waals surface area contributed by atoms with Crippen LogP contribution in [0.15, 0.2) is 190 Å². The highest BCUT2D eigenvalue weighted by Crippen LogP contribution is 2.54. The molecule has 4 unspecified atom stereocenters. The largest absolute Gasteiger partial charge is 0.302 e. The number of fused-ring (bicyclic) bond motifs is 4. The topological polar surface area (TPSA) is 15.6 Å². The maximum absolute atomic E-state index is 5.65. The molecule has 2 heteroatoms. The van der Waals surface area contributed by atoms with Crippen LogP contribution >= 0.6 is 0 Å². The Morgan fingerprint density at radius 1 is 0.741 bits per heavy atom.